The molecule has 2 N–H and O–H groups in total. The average Bonchev–Trinajstić information content (AvgIpc) is 2.65. The summed E-state index contributed by atoms with van der Waals surface area (Å²) >= 11 is 0. The Hall–Kier alpha value is -0.570. The molecule has 3 heteroatoms. The van der Waals surface area contributed by atoms with Gasteiger partial charge in [-0.15, -0.1) is 0 Å². The summed E-state index contributed by atoms with van der Waals surface area (Å²) in [6, 6.07) is 0.937. The molecule has 0 aromatic carbocycles. The fourth-order valence-corrected chi connectivity index (χ4v) is 3.68. The zero-order chi connectivity index (χ0) is 13.3. The first-order chi connectivity index (χ1) is 8.50. The highest BCUT2D eigenvalue weighted by Gasteiger charge is 2.36. The number of hydrogen-bond acceptors (Lipinski definition) is 3. The van der Waals surface area contributed by atoms with Crippen LogP contribution < -0.4 is 5.73 Å². The van der Waals surface area contributed by atoms with Gasteiger partial charge in [0, 0.05) is 25.2 Å². The maximum absolute atomic E-state index is 6.27. The van der Waals surface area contributed by atoms with E-state index < -0.39 is 0 Å². The number of hydrazone groups is 1. The molecule has 1 aliphatic carbocycles. The molecule has 0 radical (unpaired) electrons. The molecule has 0 aromatic rings. The predicted molar refractivity (Wildman–Crippen MR) is 77.5 cm³/mol. The monoisotopic (exact) mass is 251 g/mol. The van der Waals surface area contributed by atoms with Crippen LogP contribution in [-0.4, -0.2) is 30.4 Å². The van der Waals surface area contributed by atoms with Crippen molar-refractivity contribution in [3.63, 3.8) is 0 Å². The van der Waals surface area contributed by atoms with Crippen LogP contribution in [0.3, 0.4) is 0 Å². The molecule has 1 aliphatic heterocycles. The zero-order valence-corrected chi connectivity index (χ0v) is 12.3. The summed E-state index contributed by atoms with van der Waals surface area (Å²) in [6.07, 6.45) is 7.26. The van der Waals surface area contributed by atoms with E-state index in [1.807, 2.05) is 0 Å². The first-order valence-corrected chi connectivity index (χ1v) is 7.53. The van der Waals surface area contributed by atoms with Gasteiger partial charge in [-0.3, -0.25) is 5.01 Å². The van der Waals surface area contributed by atoms with Crippen LogP contribution in [0.15, 0.2) is 5.10 Å². The van der Waals surface area contributed by atoms with Crippen molar-refractivity contribution < 1.29 is 0 Å². The lowest BCUT2D eigenvalue weighted by atomic mass is 9.70. The van der Waals surface area contributed by atoms with Gasteiger partial charge < -0.3 is 5.73 Å². The van der Waals surface area contributed by atoms with E-state index in [-0.39, 0.29) is 0 Å². The van der Waals surface area contributed by atoms with Gasteiger partial charge in [0.15, 0.2) is 0 Å². The standard InChI is InChI=1S/C15H29N3/c1-10-6-5-7-15(16)11(2)8-13(10)14-9-17-18(4)12(14)3/h9-15H,5-8,16H2,1-4H3/t10?,11?,12?,13?,14-,15?/m1/s1. The zero-order valence-electron chi connectivity index (χ0n) is 12.3. The molecule has 0 bridgehead atoms. The van der Waals surface area contributed by atoms with E-state index in [1.165, 1.54) is 25.7 Å². The first-order valence-electron chi connectivity index (χ1n) is 7.53. The van der Waals surface area contributed by atoms with E-state index in [0.717, 1.165) is 11.8 Å². The number of rotatable bonds is 1. The Kier molecular flexibility index (Phi) is 4.31. The molecule has 2 aliphatic rings. The molecule has 3 nitrogen and oxygen atoms in total. The minimum absolute atomic E-state index is 0.395. The van der Waals surface area contributed by atoms with Crippen LogP contribution in [0.25, 0.3) is 0 Å². The SMILES string of the molecule is CC1CC([C@@H]2C=NN(C)C2C)C(C)CCCC1N. The molecule has 5 unspecified atom stereocenters. The quantitative estimate of drug-likeness (QED) is 0.778. The molecule has 0 amide bonds. The van der Waals surface area contributed by atoms with Crippen LogP contribution in [0.2, 0.25) is 0 Å². The van der Waals surface area contributed by atoms with E-state index in [0.29, 0.717) is 23.9 Å². The molecular formula is C15H29N3. The minimum atomic E-state index is 0.395. The minimum Gasteiger partial charge on any atom is -0.327 e. The van der Waals surface area contributed by atoms with E-state index >= 15 is 0 Å². The summed E-state index contributed by atoms with van der Waals surface area (Å²) in [5.74, 6) is 2.79. The lowest BCUT2D eigenvalue weighted by Crippen LogP contribution is -2.39. The first kappa shape index (κ1) is 13.9. The Morgan fingerprint density at radius 1 is 1.17 bits per heavy atom. The van der Waals surface area contributed by atoms with Crippen molar-refractivity contribution in [1.29, 1.82) is 0 Å². The van der Waals surface area contributed by atoms with Gasteiger partial charge in [0.05, 0.1) is 6.04 Å². The van der Waals surface area contributed by atoms with Gasteiger partial charge in [-0.2, -0.15) is 5.10 Å². The summed E-state index contributed by atoms with van der Waals surface area (Å²) in [4.78, 5) is 0. The van der Waals surface area contributed by atoms with Crippen molar-refractivity contribution in [2.45, 2.75) is 58.5 Å². The molecule has 0 aromatic heterocycles. The van der Waals surface area contributed by atoms with Crippen LogP contribution >= 0.6 is 0 Å². The van der Waals surface area contributed by atoms with E-state index in [9.17, 15) is 0 Å². The molecule has 0 saturated heterocycles. The molecule has 1 saturated carbocycles. The Balaban J connectivity index is 2.10. The summed E-state index contributed by atoms with van der Waals surface area (Å²) in [6.45, 7) is 7.05. The molecule has 104 valence electrons. The highest BCUT2D eigenvalue weighted by Crippen LogP contribution is 2.38. The molecule has 2 rings (SSSR count). The second kappa shape index (κ2) is 5.60. The predicted octanol–water partition coefficient (Wildman–Crippen LogP) is 2.71. The molecule has 18 heavy (non-hydrogen) atoms. The molecule has 1 fully saturated rings. The van der Waals surface area contributed by atoms with Crippen molar-refractivity contribution in [3.8, 4) is 0 Å². The topological polar surface area (TPSA) is 41.6 Å². The van der Waals surface area contributed by atoms with Crippen molar-refractivity contribution in [3.05, 3.63) is 0 Å². The highest BCUT2D eigenvalue weighted by molar-refractivity contribution is 5.64. The van der Waals surface area contributed by atoms with Gasteiger partial charge in [0.2, 0.25) is 0 Å². The highest BCUT2D eigenvalue weighted by atomic mass is 15.5. The van der Waals surface area contributed by atoms with Crippen LogP contribution in [-0.2, 0) is 0 Å². The van der Waals surface area contributed by atoms with E-state index in [4.69, 9.17) is 5.73 Å². The Labute approximate surface area is 112 Å². The van der Waals surface area contributed by atoms with Crippen LogP contribution in [0, 0.1) is 23.7 Å². The second-order valence-electron chi connectivity index (χ2n) is 6.61. The van der Waals surface area contributed by atoms with Gasteiger partial charge >= 0.3 is 0 Å². The largest absolute Gasteiger partial charge is 0.327 e. The van der Waals surface area contributed by atoms with Crippen molar-refractivity contribution in [2.75, 3.05) is 7.05 Å². The van der Waals surface area contributed by atoms with Crippen LogP contribution in [0.1, 0.15) is 46.5 Å². The second-order valence-corrected chi connectivity index (χ2v) is 6.61. The average molecular weight is 251 g/mol. The van der Waals surface area contributed by atoms with Gasteiger partial charge in [0.25, 0.3) is 0 Å². The van der Waals surface area contributed by atoms with Gasteiger partial charge in [-0.1, -0.05) is 26.7 Å². The summed E-state index contributed by atoms with van der Waals surface area (Å²) in [7, 11) is 2.09. The Bertz CT molecular complexity index is 302. The Morgan fingerprint density at radius 2 is 1.89 bits per heavy atom. The smallest absolute Gasteiger partial charge is 0.0520 e. The lowest BCUT2D eigenvalue weighted by molar-refractivity contribution is 0.143. The normalized spacial score (nSPS) is 45.9. The molecule has 6 atom stereocenters. The fraction of sp³-hybridized carbons (Fsp3) is 0.933. The van der Waals surface area contributed by atoms with Crippen molar-refractivity contribution >= 4 is 6.21 Å². The summed E-state index contributed by atoms with van der Waals surface area (Å²) < 4.78 is 0. The van der Waals surface area contributed by atoms with Gasteiger partial charge in [-0.05, 0) is 37.5 Å². The molecular weight excluding hydrogens is 222 g/mol. The summed E-state index contributed by atoms with van der Waals surface area (Å²) in [5, 5.41) is 6.60. The maximum Gasteiger partial charge on any atom is 0.0520 e. The van der Waals surface area contributed by atoms with Crippen molar-refractivity contribution in [1.82, 2.24) is 5.01 Å². The van der Waals surface area contributed by atoms with Crippen LogP contribution in [0.5, 0.6) is 0 Å². The third-order valence-electron chi connectivity index (χ3n) is 5.36. The number of nitrogens with zero attached hydrogens (tertiary/aromatic N) is 2. The van der Waals surface area contributed by atoms with Crippen LogP contribution in [0.4, 0.5) is 0 Å². The molecule has 1 heterocycles. The Morgan fingerprint density at radius 3 is 2.50 bits per heavy atom. The van der Waals surface area contributed by atoms with Crippen molar-refractivity contribution in [2.24, 2.45) is 34.5 Å². The number of nitrogens with two attached hydrogens (primary N) is 1. The summed E-state index contributed by atoms with van der Waals surface area (Å²) in [5.41, 5.74) is 6.27. The van der Waals surface area contributed by atoms with Gasteiger partial charge in [0.1, 0.15) is 0 Å². The third-order valence-corrected chi connectivity index (χ3v) is 5.36. The fourth-order valence-electron chi connectivity index (χ4n) is 3.68. The molecule has 0 spiro atoms. The van der Waals surface area contributed by atoms with E-state index in [1.54, 1.807) is 0 Å². The maximum atomic E-state index is 6.27. The van der Waals surface area contributed by atoms with Gasteiger partial charge in [-0.25, -0.2) is 0 Å². The third kappa shape index (κ3) is 2.71. The lowest BCUT2D eigenvalue weighted by Gasteiger charge is -2.37. The number of hydrogen-bond donors (Lipinski definition) is 1. The van der Waals surface area contributed by atoms with E-state index in [2.05, 4.69) is 44.1 Å².